The largest absolute Gasteiger partial charge is 0.493 e. The molecular formula is C17H18Cl2N2O2. The molecule has 0 radical (unpaired) electrons. The second-order valence-corrected chi connectivity index (χ2v) is 5.87. The number of benzene rings is 2. The molecule has 23 heavy (non-hydrogen) atoms. The summed E-state index contributed by atoms with van der Waals surface area (Å²) in [5, 5.41) is 7.09. The van der Waals surface area contributed by atoms with E-state index in [1.165, 1.54) is 0 Å². The summed E-state index contributed by atoms with van der Waals surface area (Å²) in [6.45, 7) is 0.331. The van der Waals surface area contributed by atoms with E-state index in [1.807, 2.05) is 38.4 Å². The van der Waals surface area contributed by atoms with Crippen molar-refractivity contribution < 1.29 is 9.47 Å². The van der Waals surface area contributed by atoms with Crippen molar-refractivity contribution in [2.75, 3.05) is 21.2 Å². The van der Waals surface area contributed by atoms with Crippen molar-refractivity contribution in [3.63, 3.8) is 0 Å². The zero-order chi connectivity index (χ0) is 16.8. The Morgan fingerprint density at radius 1 is 1.09 bits per heavy atom. The fourth-order valence-electron chi connectivity index (χ4n) is 1.86. The highest BCUT2D eigenvalue weighted by Crippen LogP contribution is 2.29. The number of rotatable bonds is 6. The summed E-state index contributed by atoms with van der Waals surface area (Å²) in [5.41, 5.74) is 1.78. The first-order valence-corrected chi connectivity index (χ1v) is 7.71. The zero-order valence-corrected chi connectivity index (χ0v) is 14.7. The van der Waals surface area contributed by atoms with Gasteiger partial charge in [-0.2, -0.15) is 5.10 Å². The number of methoxy groups -OCH3 is 1. The third-order valence-electron chi connectivity index (χ3n) is 3.02. The Morgan fingerprint density at radius 2 is 1.87 bits per heavy atom. The molecule has 2 aromatic carbocycles. The molecule has 0 amide bonds. The summed E-state index contributed by atoms with van der Waals surface area (Å²) in [6, 6.07) is 10.9. The highest BCUT2D eigenvalue weighted by molar-refractivity contribution is 6.35. The molecule has 0 atom stereocenters. The van der Waals surface area contributed by atoms with E-state index in [4.69, 9.17) is 32.7 Å². The molecule has 0 fully saturated rings. The van der Waals surface area contributed by atoms with E-state index < -0.39 is 0 Å². The lowest BCUT2D eigenvalue weighted by Crippen LogP contribution is -2.02. The third-order valence-corrected chi connectivity index (χ3v) is 3.61. The van der Waals surface area contributed by atoms with Crippen LogP contribution in [0.3, 0.4) is 0 Å². The molecule has 0 spiro atoms. The van der Waals surface area contributed by atoms with Crippen LogP contribution < -0.4 is 9.47 Å². The Kier molecular flexibility index (Phi) is 6.13. The average Bonchev–Trinajstić information content (AvgIpc) is 2.52. The van der Waals surface area contributed by atoms with Gasteiger partial charge in [-0.15, -0.1) is 0 Å². The first kappa shape index (κ1) is 17.4. The minimum Gasteiger partial charge on any atom is -0.493 e. The highest BCUT2D eigenvalue weighted by atomic mass is 35.5. The quantitative estimate of drug-likeness (QED) is 0.567. The molecule has 0 aromatic heterocycles. The van der Waals surface area contributed by atoms with Crippen LogP contribution in [0.2, 0.25) is 10.0 Å². The van der Waals surface area contributed by atoms with E-state index in [0.717, 1.165) is 11.1 Å². The van der Waals surface area contributed by atoms with Gasteiger partial charge >= 0.3 is 0 Å². The molecule has 122 valence electrons. The van der Waals surface area contributed by atoms with E-state index in [-0.39, 0.29) is 0 Å². The van der Waals surface area contributed by atoms with Gasteiger partial charge in [-0.3, -0.25) is 0 Å². The molecule has 0 saturated carbocycles. The van der Waals surface area contributed by atoms with Gasteiger partial charge in [0.05, 0.1) is 13.3 Å². The van der Waals surface area contributed by atoms with Crippen LogP contribution in [-0.4, -0.2) is 32.4 Å². The summed E-state index contributed by atoms with van der Waals surface area (Å²) < 4.78 is 11.2. The van der Waals surface area contributed by atoms with Gasteiger partial charge < -0.3 is 14.5 Å². The van der Waals surface area contributed by atoms with Gasteiger partial charge in [0, 0.05) is 29.7 Å². The number of hydrogen-bond acceptors (Lipinski definition) is 4. The molecule has 0 bridgehead atoms. The van der Waals surface area contributed by atoms with Crippen LogP contribution in [0.4, 0.5) is 0 Å². The number of ether oxygens (including phenoxy) is 2. The topological polar surface area (TPSA) is 34.1 Å². The second-order valence-electron chi connectivity index (χ2n) is 5.03. The molecule has 0 aliphatic rings. The number of halogens is 2. The summed E-state index contributed by atoms with van der Waals surface area (Å²) in [7, 11) is 5.33. The molecule has 2 aromatic rings. The summed E-state index contributed by atoms with van der Waals surface area (Å²) in [5.74, 6) is 1.28. The SMILES string of the molecule is COc1cc(/C=N/N(C)C)ccc1OCc1ccc(Cl)cc1Cl. The van der Waals surface area contributed by atoms with E-state index in [1.54, 1.807) is 30.5 Å². The Bertz CT molecular complexity index is 703. The molecule has 4 nitrogen and oxygen atoms in total. The van der Waals surface area contributed by atoms with Crippen LogP contribution in [0, 0.1) is 0 Å². The van der Waals surface area contributed by atoms with E-state index in [0.29, 0.717) is 28.2 Å². The number of nitrogens with zero attached hydrogens (tertiary/aromatic N) is 2. The van der Waals surface area contributed by atoms with E-state index in [2.05, 4.69) is 5.10 Å². The predicted octanol–water partition coefficient (Wildman–Crippen LogP) is 4.48. The van der Waals surface area contributed by atoms with Crippen molar-refractivity contribution in [3.05, 3.63) is 57.6 Å². The average molecular weight is 353 g/mol. The van der Waals surface area contributed by atoms with Gasteiger partial charge in [0.1, 0.15) is 6.61 Å². The molecule has 0 aliphatic heterocycles. The van der Waals surface area contributed by atoms with Crippen LogP contribution >= 0.6 is 23.2 Å². The van der Waals surface area contributed by atoms with Crippen molar-refractivity contribution in [2.24, 2.45) is 5.10 Å². The van der Waals surface area contributed by atoms with Crippen molar-refractivity contribution in [1.29, 1.82) is 0 Å². The zero-order valence-electron chi connectivity index (χ0n) is 13.2. The Morgan fingerprint density at radius 3 is 2.52 bits per heavy atom. The van der Waals surface area contributed by atoms with Gasteiger partial charge in [-0.25, -0.2) is 0 Å². The van der Waals surface area contributed by atoms with Gasteiger partial charge in [-0.1, -0.05) is 29.3 Å². The van der Waals surface area contributed by atoms with Crippen LogP contribution in [0.15, 0.2) is 41.5 Å². The molecule has 0 aliphatic carbocycles. The van der Waals surface area contributed by atoms with Gasteiger partial charge in [0.2, 0.25) is 0 Å². The number of hydrazone groups is 1. The van der Waals surface area contributed by atoms with Crippen LogP contribution in [0.1, 0.15) is 11.1 Å². The molecule has 2 rings (SSSR count). The summed E-state index contributed by atoms with van der Waals surface area (Å²) >= 11 is 12.0. The Hall–Kier alpha value is -1.91. The van der Waals surface area contributed by atoms with Crippen LogP contribution in [0.5, 0.6) is 11.5 Å². The molecular weight excluding hydrogens is 335 g/mol. The lowest BCUT2D eigenvalue weighted by molar-refractivity contribution is 0.284. The standard InChI is InChI=1S/C17H18Cl2N2O2/c1-21(2)20-10-12-4-7-16(17(8-12)22-3)23-11-13-5-6-14(18)9-15(13)19/h4-10H,11H2,1-3H3/b20-10+. The van der Waals surface area contributed by atoms with Gasteiger partial charge in [0.25, 0.3) is 0 Å². The van der Waals surface area contributed by atoms with Gasteiger partial charge in [0.15, 0.2) is 11.5 Å². The maximum Gasteiger partial charge on any atom is 0.161 e. The second kappa shape index (κ2) is 8.09. The van der Waals surface area contributed by atoms with Crippen molar-refractivity contribution in [3.8, 4) is 11.5 Å². The maximum atomic E-state index is 6.15. The van der Waals surface area contributed by atoms with Crippen molar-refractivity contribution >= 4 is 29.4 Å². The summed E-state index contributed by atoms with van der Waals surface area (Å²) in [4.78, 5) is 0. The normalized spacial score (nSPS) is 10.8. The fraction of sp³-hybridized carbons (Fsp3) is 0.235. The monoisotopic (exact) mass is 352 g/mol. The molecule has 0 unspecified atom stereocenters. The Balaban J connectivity index is 2.13. The molecule has 6 heteroatoms. The van der Waals surface area contributed by atoms with Crippen LogP contribution in [-0.2, 0) is 6.61 Å². The number of hydrogen-bond donors (Lipinski definition) is 0. The van der Waals surface area contributed by atoms with Crippen LogP contribution in [0.25, 0.3) is 0 Å². The minimum atomic E-state index is 0.331. The van der Waals surface area contributed by atoms with Crippen molar-refractivity contribution in [2.45, 2.75) is 6.61 Å². The lowest BCUT2D eigenvalue weighted by Gasteiger charge is -2.12. The van der Waals surface area contributed by atoms with E-state index in [9.17, 15) is 0 Å². The lowest BCUT2D eigenvalue weighted by atomic mass is 10.2. The fourth-order valence-corrected chi connectivity index (χ4v) is 2.32. The first-order chi connectivity index (χ1) is 11.0. The third kappa shape index (κ3) is 5.05. The minimum absolute atomic E-state index is 0.331. The smallest absolute Gasteiger partial charge is 0.161 e. The Labute approximate surface area is 146 Å². The van der Waals surface area contributed by atoms with E-state index >= 15 is 0 Å². The predicted molar refractivity (Wildman–Crippen MR) is 95.1 cm³/mol. The molecule has 0 N–H and O–H groups in total. The summed E-state index contributed by atoms with van der Waals surface area (Å²) in [6.07, 6.45) is 1.75. The molecule has 0 saturated heterocycles. The highest BCUT2D eigenvalue weighted by Gasteiger charge is 2.07. The van der Waals surface area contributed by atoms with Gasteiger partial charge in [-0.05, 0) is 35.9 Å². The maximum absolute atomic E-state index is 6.15. The molecule has 0 heterocycles. The van der Waals surface area contributed by atoms with Crippen molar-refractivity contribution in [1.82, 2.24) is 5.01 Å². The first-order valence-electron chi connectivity index (χ1n) is 6.95.